The molecule has 0 spiro atoms. The second-order valence-corrected chi connectivity index (χ2v) is 4.84. The molecule has 1 aromatic rings. The van der Waals surface area contributed by atoms with Crippen molar-refractivity contribution in [1.29, 1.82) is 0 Å². The van der Waals surface area contributed by atoms with Gasteiger partial charge in [-0.3, -0.25) is 4.79 Å². The molecular weight excluding hydrogens is 228 g/mol. The van der Waals surface area contributed by atoms with Crippen molar-refractivity contribution in [3.8, 4) is 5.75 Å². The summed E-state index contributed by atoms with van der Waals surface area (Å²) in [5, 5.41) is 3.24. The monoisotopic (exact) mass is 248 g/mol. The van der Waals surface area contributed by atoms with Gasteiger partial charge in [0.2, 0.25) is 0 Å². The van der Waals surface area contributed by atoms with E-state index in [0.717, 1.165) is 31.6 Å². The maximum atomic E-state index is 12.0. The van der Waals surface area contributed by atoms with E-state index in [1.807, 2.05) is 43.3 Å². The van der Waals surface area contributed by atoms with E-state index in [-0.39, 0.29) is 11.9 Å². The molecule has 0 bridgehead atoms. The maximum absolute atomic E-state index is 12.0. The summed E-state index contributed by atoms with van der Waals surface area (Å²) >= 11 is 0. The van der Waals surface area contributed by atoms with Crippen LogP contribution < -0.4 is 15.0 Å². The number of nitrogens with one attached hydrogen (secondary N) is 1. The minimum Gasteiger partial charge on any atom is -0.426 e. The van der Waals surface area contributed by atoms with Crippen LogP contribution in [0.1, 0.15) is 12.8 Å². The Bertz CT molecular complexity index is 412. The van der Waals surface area contributed by atoms with E-state index < -0.39 is 0 Å². The van der Waals surface area contributed by atoms with E-state index in [1.54, 1.807) is 0 Å². The second-order valence-electron chi connectivity index (χ2n) is 4.84. The molecule has 0 unspecified atom stereocenters. The van der Waals surface area contributed by atoms with Gasteiger partial charge in [-0.25, -0.2) is 0 Å². The van der Waals surface area contributed by atoms with Crippen LogP contribution in [0.25, 0.3) is 0 Å². The third kappa shape index (κ3) is 3.23. The number of hydrogen-bond acceptors (Lipinski definition) is 4. The lowest BCUT2D eigenvalue weighted by atomic mass is 9.98. The standard InChI is InChI=1S/C14H20N2O2/c1-16(2)12-4-3-5-13(10-12)18-14(17)11-6-8-15-9-7-11/h3-5,10-11,15H,6-9H2,1-2H3. The first-order chi connectivity index (χ1) is 8.66. The van der Waals surface area contributed by atoms with Gasteiger partial charge in [0, 0.05) is 25.8 Å². The van der Waals surface area contributed by atoms with Crippen molar-refractivity contribution in [2.24, 2.45) is 5.92 Å². The molecule has 0 saturated carbocycles. The van der Waals surface area contributed by atoms with Crippen LogP contribution in [-0.2, 0) is 4.79 Å². The van der Waals surface area contributed by atoms with Crippen molar-refractivity contribution >= 4 is 11.7 Å². The lowest BCUT2D eigenvalue weighted by Gasteiger charge is -2.21. The Kier molecular flexibility index (Phi) is 4.20. The third-order valence-electron chi connectivity index (χ3n) is 3.22. The Balaban J connectivity index is 1.99. The number of carbonyl (C=O) groups is 1. The van der Waals surface area contributed by atoms with Crippen molar-refractivity contribution < 1.29 is 9.53 Å². The average molecular weight is 248 g/mol. The van der Waals surface area contributed by atoms with Gasteiger partial charge in [-0.2, -0.15) is 0 Å². The van der Waals surface area contributed by atoms with Crippen LogP contribution >= 0.6 is 0 Å². The molecule has 98 valence electrons. The Morgan fingerprint density at radius 1 is 1.33 bits per heavy atom. The quantitative estimate of drug-likeness (QED) is 0.652. The highest BCUT2D eigenvalue weighted by Crippen LogP contribution is 2.22. The van der Waals surface area contributed by atoms with Crippen molar-refractivity contribution in [1.82, 2.24) is 5.32 Å². The zero-order chi connectivity index (χ0) is 13.0. The Hall–Kier alpha value is -1.55. The third-order valence-corrected chi connectivity index (χ3v) is 3.22. The molecule has 0 radical (unpaired) electrons. The summed E-state index contributed by atoms with van der Waals surface area (Å²) in [4.78, 5) is 14.0. The van der Waals surface area contributed by atoms with Gasteiger partial charge in [0.1, 0.15) is 5.75 Å². The van der Waals surface area contributed by atoms with Gasteiger partial charge in [-0.05, 0) is 38.1 Å². The first kappa shape index (κ1) is 12.9. The van der Waals surface area contributed by atoms with Gasteiger partial charge in [-0.15, -0.1) is 0 Å². The minimum absolute atomic E-state index is 0.0364. The molecule has 1 aliphatic rings. The van der Waals surface area contributed by atoms with Gasteiger partial charge in [-0.1, -0.05) is 6.07 Å². The van der Waals surface area contributed by atoms with E-state index in [4.69, 9.17) is 4.74 Å². The molecule has 0 aromatic heterocycles. The second kappa shape index (κ2) is 5.87. The van der Waals surface area contributed by atoms with E-state index in [9.17, 15) is 4.79 Å². The largest absolute Gasteiger partial charge is 0.426 e. The van der Waals surface area contributed by atoms with Gasteiger partial charge in [0.05, 0.1) is 5.92 Å². The predicted molar refractivity (Wildman–Crippen MR) is 72.0 cm³/mol. The number of piperidine rings is 1. The molecule has 2 rings (SSSR count). The summed E-state index contributed by atoms with van der Waals surface area (Å²) in [5.74, 6) is 0.561. The Morgan fingerprint density at radius 3 is 2.72 bits per heavy atom. The smallest absolute Gasteiger partial charge is 0.314 e. The highest BCUT2D eigenvalue weighted by Gasteiger charge is 2.22. The summed E-state index contributed by atoms with van der Waals surface area (Å²) in [7, 11) is 3.93. The number of benzene rings is 1. The Morgan fingerprint density at radius 2 is 2.06 bits per heavy atom. The predicted octanol–water partition coefficient (Wildman–Crippen LogP) is 1.66. The van der Waals surface area contributed by atoms with E-state index in [2.05, 4.69) is 5.32 Å². The van der Waals surface area contributed by atoms with Gasteiger partial charge in [0.25, 0.3) is 0 Å². The average Bonchev–Trinajstić information content (AvgIpc) is 2.40. The zero-order valence-electron chi connectivity index (χ0n) is 11.0. The van der Waals surface area contributed by atoms with Gasteiger partial charge < -0.3 is 15.0 Å². The Labute approximate surface area is 108 Å². The number of ether oxygens (including phenoxy) is 1. The lowest BCUT2D eigenvalue weighted by molar-refractivity contribution is -0.139. The highest BCUT2D eigenvalue weighted by molar-refractivity contribution is 5.75. The molecule has 1 aliphatic heterocycles. The number of hydrogen-bond donors (Lipinski definition) is 1. The highest BCUT2D eigenvalue weighted by atomic mass is 16.5. The maximum Gasteiger partial charge on any atom is 0.314 e. The fourth-order valence-corrected chi connectivity index (χ4v) is 2.08. The van der Waals surface area contributed by atoms with Crippen molar-refractivity contribution in [2.75, 3.05) is 32.1 Å². The summed E-state index contributed by atoms with van der Waals surface area (Å²) in [6.45, 7) is 1.80. The van der Waals surface area contributed by atoms with Crippen LogP contribution in [0.15, 0.2) is 24.3 Å². The summed E-state index contributed by atoms with van der Waals surface area (Å²) in [5.41, 5.74) is 1.03. The topological polar surface area (TPSA) is 41.6 Å². The van der Waals surface area contributed by atoms with Gasteiger partial charge in [0.15, 0.2) is 0 Å². The van der Waals surface area contributed by atoms with E-state index in [1.165, 1.54) is 0 Å². The van der Waals surface area contributed by atoms with Crippen molar-refractivity contribution in [2.45, 2.75) is 12.8 Å². The van der Waals surface area contributed by atoms with Crippen LogP contribution in [0.2, 0.25) is 0 Å². The SMILES string of the molecule is CN(C)c1cccc(OC(=O)C2CCNCC2)c1. The molecule has 0 aliphatic carbocycles. The van der Waals surface area contributed by atoms with Crippen LogP contribution in [-0.4, -0.2) is 33.2 Å². The normalized spacial score (nSPS) is 16.3. The fourth-order valence-electron chi connectivity index (χ4n) is 2.08. The molecule has 0 amide bonds. The van der Waals surface area contributed by atoms with E-state index >= 15 is 0 Å². The molecule has 18 heavy (non-hydrogen) atoms. The van der Waals surface area contributed by atoms with Gasteiger partial charge >= 0.3 is 5.97 Å². The van der Waals surface area contributed by atoms with Crippen LogP contribution in [0.4, 0.5) is 5.69 Å². The number of anilines is 1. The summed E-state index contributed by atoms with van der Waals surface area (Å²) in [6.07, 6.45) is 1.73. The lowest BCUT2D eigenvalue weighted by Crippen LogP contribution is -2.33. The first-order valence-electron chi connectivity index (χ1n) is 6.36. The molecule has 1 saturated heterocycles. The van der Waals surface area contributed by atoms with Crippen molar-refractivity contribution in [3.05, 3.63) is 24.3 Å². The molecule has 0 atom stereocenters. The molecule has 4 heteroatoms. The number of rotatable bonds is 3. The van der Waals surface area contributed by atoms with Crippen LogP contribution in [0.5, 0.6) is 5.75 Å². The molecular formula is C14H20N2O2. The summed E-state index contributed by atoms with van der Waals surface area (Å²) < 4.78 is 5.45. The van der Waals surface area contributed by atoms with Crippen LogP contribution in [0, 0.1) is 5.92 Å². The first-order valence-corrected chi connectivity index (χ1v) is 6.36. The fraction of sp³-hybridized carbons (Fsp3) is 0.500. The molecule has 1 N–H and O–H groups in total. The molecule has 1 aromatic carbocycles. The number of esters is 1. The number of nitrogens with zero attached hydrogens (tertiary/aromatic N) is 1. The summed E-state index contributed by atoms with van der Waals surface area (Å²) in [6, 6.07) is 7.60. The van der Waals surface area contributed by atoms with Crippen LogP contribution in [0.3, 0.4) is 0 Å². The zero-order valence-corrected chi connectivity index (χ0v) is 11.0. The molecule has 1 heterocycles. The van der Waals surface area contributed by atoms with Crippen molar-refractivity contribution in [3.63, 3.8) is 0 Å². The van der Waals surface area contributed by atoms with E-state index in [0.29, 0.717) is 5.75 Å². The number of carbonyl (C=O) groups excluding carboxylic acids is 1. The molecule has 1 fully saturated rings. The minimum atomic E-state index is -0.104. The molecule has 4 nitrogen and oxygen atoms in total.